The van der Waals surface area contributed by atoms with Gasteiger partial charge in [0, 0.05) is 24.9 Å². The molecule has 0 saturated heterocycles. The molecule has 92 valence electrons. The summed E-state index contributed by atoms with van der Waals surface area (Å²) in [6.45, 7) is 3.60. The third-order valence-corrected chi connectivity index (χ3v) is 3.25. The Morgan fingerprint density at radius 2 is 1.50 bits per heavy atom. The lowest BCUT2D eigenvalue weighted by Crippen LogP contribution is -2.47. The second-order valence-electron chi connectivity index (χ2n) is 4.43. The van der Waals surface area contributed by atoms with Crippen molar-refractivity contribution < 1.29 is 9.59 Å². The molecule has 0 aromatic heterocycles. The maximum absolute atomic E-state index is 11.8. The Morgan fingerprint density at radius 3 is 1.88 bits per heavy atom. The molecule has 1 rings (SSSR count). The topological polar surface area (TPSA) is 63.4 Å². The van der Waals surface area contributed by atoms with Crippen molar-refractivity contribution in [1.82, 2.24) is 4.90 Å². The summed E-state index contributed by atoms with van der Waals surface area (Å²) in [4.78, 5) is 25.0. The van der Waals surface area contributed by atoms with Crippen LogP contribution in [-0.4, -0.2) is 28.8 Å². The number of imide groups is 1. The Hall–Kier alpha value is -0.900. The normalized spacial score (nSPS) is 25.2. The van der Waals surface area contributed by atoms with Gasteiger partial charge in [-0.15, -0.1) is 0 Å². The molecule has 2 amide bonds. The van der Waals surface area contributed by atoms with Crippen LogP contribution in [0.2, 0.25) is 0 Å². The van der Waals surface area contributed by atoms with Crippen LogP contribution in [0.25, 0.3) is 0 Å². The van der Waals surface area contributed by atoms with Gasteiger partial charge in [0.05, 0.1) is 0 Å². The van der Waals surface area contributed by atoms with E-state index in [2.05, 4.69) is 0 Å². The Kier molecular flexibility index (Phi) is 4.93. The lowest BCUT2D eigenvalue weighted by molar-refractivity contribution is -0.148. The SMILES string of the molecule is CCC(=O)N(C(=O)CC)C1CCC(N)CC1. The highest BCUT2D eigenvalue weighted by Gasteiger charge is 2.30. The minimum absolute atomic E-state index is 0.0488. The molecule has 0 aromatic carbocycles. The first-order chi connectivity index (χ1) is 7.60. The fourth-order valence-electron chi connectivity index (χ4n) is 2.25. The summed E-state index contributed by atoms with van der Waals surface area (Å²) >= 11 is 0. The van der Waals surface area contributed by atoms with E-state index >= 15 is 0 Å². The number of rotatable bonds is 3. The maximum atomic E-state index is 11.8. The van der Waals surface area contributed by atoms with Crippen molar-refractivity contribution in [2.75, 3.05) is 0 Å². The molecule has 0 radical (unpaired) electrons. The van der Waals surface area contributed by atoms with Gasteiger partial charge in [-0.3, -0.25) is 14.5 Å². The number of nitrogens with two attached hydrogens (primary N) is 1. The van der Waals surface area contributed by atoms with Gasteiger partial charge in [0.15, 0.2) is 0 Å². The van der Waals surface area contributed by atoms with E-state index in [0.717, 1.165) is 25.7 Å². The van der Waals surface area contributed by atoms with Crippen LogP contribution in [0.1, 0.15) is 52.4 Å². The summed E-state index contributed by atoms with van der Waals surface area (Å²) in [6.07, 6.45) is 4.34. The Bertz CT molecular complexity index is 242. The van der Waals surface area contributed by atoms with Gasteiger partial charge in [0.2, 0.25) is 11.8 Å². The van der Waals surface area contributed by atoms with Gasteiger partial charge < -0.3 is 5.73 Å². The molecule has 0 bridgehead atoms. The van der Waals surface area contributed by atoms with Gasteiger partial charge >= 0.3 is 0 Å². The van der Waals surface area contributed by atoms with E-state index in [9.17, 15) is 9.59 Å². The zero-order valence-corrected chi connectivity index (χ0v) is 10.2. The zero-order valence-electron chi connectivity index (χ0n) is 10.2. The highest BCUT2D eigenvalue weighted by atomic mass is 16.2. The number of amides is 2. The molecule has 1 aliphatic rings. The molecule has 0 aromatic rings. The van der Waals surface area contributed by atoms with E-state index in [4.69, 9.17) is 5.73 Å². The van der Waals surface area contributed by atoms with Crippen molar-refractivity contribution in [1.29, 1.82) is 0 Å². The number of hydrogen-bond donors (Lipinski definition) is 1. The van der Waals surface area contributed by atoms with Gasteiger partial charge in [0.25, 0.3) is 0 Å². The highest BCUT2D eigenvalue weighted by Crippen LogP contribution is 2.23. The van der Waals surface area contributed by atoms with E-state index < -0.39 is 0 Å². The molecule has 0 heterocycles. The standard InChI is InChI=1S/C12H22N2O2/c1-3-11(15)14(12(16)4-2)10-7-5-9(13)6-8-10/h9-10H,3-8,13H2,1-2H3. The first kappa shape index (κ1) is 13.2. The number of nitrogens with zero attached hydrogens (tertiary/aromatic N) is 1. The third kappa shape index (κ3) is 3.04. The molecule has 1 fully saturated rings. The summed E-state index contributed by atoms with van der Waals surface area (Å²) in [5.74, 6) is -0.0976. The second kappa shape index (κ2) is 5.99. The van der Waals surface area contributed by atoms with Crippen LogP contribution >= 0.6 is 0 Å². The van der Waals surface area contributed by atoms with Gasteiger partial charge in [-0.05, 0) is 25.7 Å². The molecular formula is C12H22N2O2. The van der Waals surface area contributed by atoms with E-state index in [0.29, 0.717) is 12.8 Å². The summed E-state index contributed by atoms with van der Waals surface area (Å²) in [6, 6.07) is 0.325. The molecule has 0 aliphatic heterocycles. The van der Waals surface area contributed by atoms with Crippen molar-refractivity contribution in [3.05, 3.63) is 0 Å². The minimum atomic E-state index is -0.0488. The minimum Gasteiger partial charge on any atom is -0.328 e. The number of carbonyl (C=O) groups is 2. The van der Waals surface area contributed by atoms with E-state index in [-0.39, 0.29) is 23.9 Å². The Balaban J connectivity index is 2.69. The van der Waals surface area contributed by atoms with Crippen molar-refractivity contribution >= 4 is 11.8 Å². The smallest absolute Gasteiger partial charge is 0.229 e. The molecule has 16 heavy (non-hydrogen) atoms. The van der Waals surface area contributed by atoms with E-state index in [1.165, 1.54) is 4.90 Å². The van der Waals surface area contributed by atoms with E-state index in [1.807, 2.05) is 0 Å². The summed E-state index contributed by atoms with van der Waals surface area (Å²) in [5.41, 5.74) is 5.83. The Labute approximate surface area is 97.2 Å². The largest absolute Gasteiger partial charge is 0.328 e. The van der Waals surface area contributed by atoms with Crippen LogP contribution in [-0.2, 0) is 9.59 Å². The second-order valence-corrected chi connectivity index (χ2v) is 4.43. The van der Waals surface area contributed by atoms with Crippen molar-refractivity contribution in [3.8, 4) is 0 Å². The van der Waals surface area contributed by atoms with Gasteiger partial charge in [-0.1, -0.05) is 13.8 Å². The average molecular weight is 226 g/mol. The predicted molar refractivity (Wildman–Crippen MR) is 62.7 cm³/mol. The Morgan fingerprint density at radius 1 is 1.06 bits per heavy atom. The fourth-order valence-corrected chi connectivity index (χ4v) is 2.25. The molecule has 0 atom stereocenters. The highest BCUT2D eigenvalue weighted by molar-refractivity contribution is 5.95. The molecule has 1 saturated carbocycles. The zero-order chi connectivity index (χ0) is 12.1. The molecule has 0 unspecified atom stereocenters. The summed E-state index contributed by atoms with van der Waals surface area (Å²) in [5, 5.41) is 0. The monoisotopic (exact) mass is 226 g/mol. The molecular weight excluding hydrogens is 204 g/mol. The molecule has 0 spiro atoms. The van der Waals surface area contributed by atoms with Crippen molar-refractivity contribution in [2.24, 2.45) is 5.73 Å². The van der Waals surface area contributed by atoms with E-state index in [1.54, 1.807) is 13.8 Å². The third-order valence-electron chi connectivity index (χ3n) is 3.25. The van der Waals surface area contributed by atoms with Crippen molar-refractivity contribution in [3.63, 3.8) is 0 Å². The maximum Gasteiger partial charge on any atom is 0.229 e. The van der Waals surface area contributed by atoms with Crippen LogP contribution < -0.4 is 5.73 Å². The number of carbonyl (C=O) groups excluding carboxylic acids is 2. The quantitative estimate of drug-likeness (QED) is 0.791. The van der Waals surface area contributed by atoms with Crippen LogP contribution in [0.15, 0.2) is 0 Å². The number of hydrogen-bond acceptors (Lipinski definition) is 3. The molecule has 4 nitrogen and oxygen atoms in total. The average Bonchev–Trinajstić information content (AvgIpc) is 2.31. The molecule has 2 N–H and O–H groups in total. The lowest BCUT2D eigenvalue weighted by Gasteiger charge is -2.34. The van der Waals surface area contributed by atoms with Gasteiger partial charge in [-0.2, -0.15) is 0 Å². The first-order valence-corrected chi connectivity index (χ1v) is 6.20. The van der Waals surface area contributed by atoms with Crippen LogP contribution in [0, 0.1) is 0 Å². The molecule has 1 aliphatic carbocycles. The fraction of sp³-hybridized carbons (Fsp3) is 0.833. The summed E-state index contributed by atoms with van der Waals surface area (Å²) < 4.78 is 0. The van der Waals surface area contributed by atoms with Gasteiger partial charge in [0.1, 0.15) is 0 Å². The molecule has 4 heteroatoms. The predicted octanol–water partition coefficient (Wildman–Crippen LogP) is 1.43. The van der Waals surface area contributed by atoms with Crippen LogP contribution in [0.3, 0.4) is 0 Å². The van der Waals surface area contributed by atoms with Crippen molar-refractivity contribution in [2.45, 2.75) is 64.5 Å². The summed E-state index contributed by atoms with van der Waals surface area (Å²) in [7, 11) is 0. The first-order valence-electron chi connectivity index (χ1n) is 6.20. The van der Waals surface area contributed by atoms with Gasteiger partial charge in [-0.25, -0.2) is 0 Å². The lowest BCUT2D eigenvalue weighted by atomic mass is 9.90. The van der Waals surface area contributed by atoms with Crippen LogP contribution in [0.5, 0.6) is 0 Å². The van der Waals surface area contributed by atoms with Crippen LogP contribution in [0.4, 0.5) is 0 Å².